The maximum Gasteiger partial charge on any atom is 0.242 e. The molecule has 128 valence electrons. The Labute approximate surface area is 148 Å². The molecule has 1 fully saturated rings. The van der Waals surface area contributed by atoms with Crippen molar-refractivity contribution in [1.29, 1.82) is 0 Å². The number of nitrogens with zero attached hydrogens (tertiary/aromatic N) is 2. The Morgan fingerprint density at radius 1 is 1.00 bits per heavy atom. The number of carbonyl (C=O) groups is 1. The van der Waals surface area contributed by atoms with Crippen LogP contribution in [0.25, 0.3) is 10.9 Å². The van der Waals surface area contributed by atoms with E-state index in [0.717, 1.165) is 37.1 Å². The van der Waals surface area contributed by atoms with Crippen molar-refractivity contribution in [3.63, 3.8) is 0 Å². The van der Waals surface area contributed by atoms with Gasteiger partial charge in [-0.3, -0.25) is 4.79 Å². The van der Waals surface area contributed by atoms with Crippen LogP contribution in [0.2, 0.25) is 0 Å². The number of benzene rings is 2. The monoisotopic (exact) mass is 332 g/mol. The van der Waals surface area contributed by atoms with Crippen molar-refractivity contribution in [1.82, 2.24) is 9.47 Å². The molecule has 1 saturated heterocycles. The Morgan fingerprint density at radius 2 is 1.68 bits per heavy atom. The van der Waals surface area contributed by atoms with E-state index in [1.165, 1.54) is 10.9 Å². The van der Waals surface area contributed by atoms with Gasteiger partial charge in [-0.25, -0.2) is 0 Å². The molecule has 3 heteroatoms. The second-order valence-electron chi connectivity index (χ2n) is 7.00. The summed E-state index contributed by atoms with van der Waals surface area (Å²) < 4.78 is 2.14. The van der Waals surface area contributed by atoms with Crippen LogP contribution in [0.4, 0.5) is 0 Å². The highest BCUT2D eigenvalue weighted by Crippen LogP contribution is 2.28. The molecule has 1 aliphatic rings. The third-order valence-electron chi connectivity index (χ3n) is 5.43. The Kier molecular flexibility index (Phi) is 4.31. The molecule has 0 radical (unpaired) electrons. The third kappa shape index (κ3) is 3.19. The first-order chi connectivity index (χ1) is 12.2. The fourth-order valence-corrected chi connectivity index (χ4v) is 3.98. The second-order valence-corrected chi connectivity index (χ2v) is 7.00. The van der Waals surface area contributed by atoms with Crippen LogP contribution in [0.3, 0.4) is 0 Å². The van der Waals surface area contributed by atoms with Crippen molar-refractivity contribution >= 4 is 16.8 Å². The molecule has 0 saturated carbocycles. The lowest BCUT2D eigenvalue weighted by Gasteiger charge is -2.32. The van der Waals surface area contributed by atoms with Gasteiger partial charge in [-0.1, -0.05) is 48.5 Å². The maximum absolute atomic E-state index is 12.8. The lowest BCUT2D eigenvalue weighted by Crippen LogP contribution is -2.39. The first kappa shape index (κ1) is 15.9. The van der Waals surface area contributed by atoms with Crippen LogP contribution < -0.4 is 0 Å². The highest BCUT2D eigenvalue weighted by molar-refractivity contribution is 5.84. The molecule has 4 rings (SSSR count). The molecule has 1 aliphatic heterocycles. The molecule has 0 bridgehead atoms. The molecule has 2 heterocycles. The number of carbonyl (C=O) groups excluding carboxylic acids is 1. The fraction of sp³-hybridized carbons (Fsp3) is 0.318. The van der Waals surface area contributed by atoms with E-state index in [2.05, 4.69) is 60.0 Å². The second kappa shape index (κ2) is 6.75. The predicted molar refractivity (Wildman–Crippen MR) is 102 cm³/mol. The Balaban J connectivity index is 1.43. The summed E-state index contributed by atoms with van der Waals surface area (Å²) in [6.45, 7) is 4.23. The number of aromatic nitrogens is 1. The van der Waals surface area contributed by atoms with E-state index < -0.39 is 0 Å². The number of fused-ring (bicyclic) bond motifs is 1. The molecule has 0 spiro atoms. The van der Waals surface area contributed by atoms with Crippen molar-refractivity contribution < 1.29 is 4.79 Å². The molecule has 1 amide bonds. The quantitative estimate of drug-likeness (QED) is 0.700. The van der Waals surface area contributed by atoms with Crippen LogP contribution in [-0.2, 0) is 11.3 Å². The van der Waals surface area contributed by atoms with Gasteiger partial charge in [0.25, 0.3) is 0 Å². The first-order valence-electron chi connectivity index (χ1n) is 9.10. The van der Waals surface area contributed by atoms with Gasteiger partial charge in [0.2, 0.25) is 5.91 Å². The zero-order valence-electron chi connectivity index (χ0n) is 14.7. The third-order valence-corrected chi connectivity index (χ3v) is 5.43. The van der Waals surface area contributed by atoms with E-state index in [0.29, 0.717) is 12.5 Å². The SMILES string of the molecule is Cc1cc2ccccc2n1CC(=O)N1CCC(c2ccccc2)CC1. The largest absolute Gasteiger partial charge is 0.341 e. The predicted octanol–water partition coefficient (Wildman–Crippen LogP) is 4.36. The summed E-state index contributed by atoms with van der Waals surface area (Å²) in [6.07, 6.45) is 2.11. The highest BCUT2D eigenvalue weighted by Gasteiger charge is 2.24. The topological polar surface area (TPSA) is 25.2 Å². The summed E-state index contributed by atoms with van der Waals surface area (Å²) in [6, 6.07) is 21.1. The number of piperidine rings is 1. The van der Waals surface area contributed by atoms with Gasteiger partial charge in [0, 0.05) is 24.3 Å². The van der Waals surface area contributed by atoms with Crippen LogP contribution >= 0.6 is 0 Å². The van der Waals surface area contributed by atoms with E-state index in [1.807, 2.05) is 17.0 Å². The van der Waals surface area contributed by atoms with Gasteiger partial charge in [0.1, 0.15) is 6.54 Å². The van der Waals surface area contributed by atoms with Gasteiger partial charge in [-0.05, 0) is 48.8 Å². The van der Waals surface area contributed by atoms with E-state index in [-0.39, 0.29) is 5.91 Å². The maximum atomic E-state index is 12.8. The van der Waals surface area contributed by atoms with E-state index in [9.17, 15) is 4.79 Å². The molecular formula is C22H24N2O. The number of hydrogen-bond acceptors (Lipinski definition) is 1. The molecule has 0 N–H and O–H groups in total. The molecule has 0 atom stereocenters. The van der Waals surface area contributed by atoms with Crippen LogP contribution in [0.15, 0.2) is 60.7 Å². The highest BCUT2D eigenvalue weighted by atomic mass is 16.2. The fourth-order valence-electron chi connectivity index (χ4n) is 3.98. The number of aryl methyl sites for hydroxylation is 1. The number of para-hydroxylation sites is 1. The molecule has 1 aromatic heterocycles. The lowest BCUT2D eigenvalue weighted by atomic mass is 9.89. The Morgan fingerprint density at radius 3 is 2.44 bits per heavy atom. The van der Waals surface area contributed by atoms with Gasteiger partial charge in [0.05, 0.1) is 0 Å². The zero-order valence-corrected chi connectivity index (χ0v) is 14.7. The van der Waals surface area contributed by atoms with Gasteiger partial charge in [0.15, 0.2) is 0 Å². The summed E-state index contributed by atoms with van der Waals surface area (Å²) in [4.78, 5) is 14.8. The summed E-state index contributed by atoms with van der Waals surface area (Å²) in [5.41, 5.74) is 3.70. The molecule has 25 heavy (non-hydrogen) atoms. The minimum atomic E-state index is 0.232. The molecule has 3 nitrogen and oxygen atoms in total. The van der Waals surface area contributed by atoms with Gasteiger partial charge < -0.3 is 9.47 Å². The van der Waals surface area contributed by atoms with E-state index in [4.69, 9.17) is 0 Å². The van der Waals surface area contributed by atoms with Crippen molar-refractivity contribution in [2.75, 3.05) is 13.1 Å². The molecular weight excluding hydrogens is 308 g/mol. The van der Waals surface area contributed by atoms with Gasteiger partial charge >= 0.3 is 0 Å². The lowest BCUT2D eigenvalue weighted by molar-refractivity contribution is -0.132. The molecule has 2 aromatic carbocycles. The summed E-state index contributed by atoms with van der Waals surface area (Å²) in [5, 5.41) is 1.20. The zero-order chi connectivity index (χ0) is 17.2. The Bertz CT molecular complexity index is 873. The van der Waals surface area contributed by atoms with E-state index >= 15 is 0 Å². The van der Waals surface area contributed by atoms with Gasteiger partial charge in [-0.2, -0.15) is 0 Å². The van der Waals surface area contributed by atoms with Crippen LogP contribution in [0.5, 0.6) is 0 Å². The minimum Gasteiger partial charge on any atom is -0.341 e. The van der Waals surface area contributed by atoms with Crippen molar-refractivity contribution in [3.05, 3.63) is 71.9 Å². The standard InChI is InChI=1S/C22H24N2O/c1-17-15-20-9-5-6-10-21(20)24(17)16-22(25)23-13-11-19(12-14-23)18-7-3-2-4-8-18/h2-10,15,19H,11-14,16H2,1H3. The summed E-state index contributed by atoms with van der Waals surface area (Å²) in [5.74, 6) is 0.815. The normalized spacial score (nSPS) is 15.6. The molecule has 0 aliphatic carbocycles. The number of hydrogen-bond donors (Lipinski definition) is 0. The van der Waals surface area contributed by atoms with Crippen molar-refractivity contribution in [2.45, 2.75) is 32.2 Å². The van der Waals surface area contributed by atoms with Crippen molar-refractivity contribution in [2.24, 2.45) is 0 Å². The average molecular weight is 332 g/mol. The first-order valence-corrected chi connectivity index (χ1v) is 9.10. The number of rotatable bonds is 3. The van der Waals surface area contributed by atoms with Crippen LogP contribution in [0.1, 0.15) is 30.0 Å². The van der Waals surface area contributed by atoms with Gasteiger partial charge in [-0.15, -0.1) is 0 Å². The molecule has 0 unspecified atom stereocenters. The van der Waals surface area contributed by atoms with Crippen LogP contribution in [0, 0.1) is 6.92 Å². The van der Waals surface area contributed by atoms with Crippen molar-refractivity contribution in [3.8, 4) is 0 Å². The summed E-state index contributed by atoms with van der Waals surface area (Å²) in [7, 11) is 0. The average Bonchev–Trinajstić information content (AvgIpc) is 2.98. The number of likely N-dealkylation sites (tertiary alicyclic amines) is 1. The molecule has 3 aromatic rings. The Hall–Kier alpha value is -2.55. The smallest absolute Gasteiger partial charge is 0.242 e. The summed E-state index contributed by atoms with van der Waals surface area (Å²) >= 11 is 0. The number of amides is 1. The van der Waals surface area contributed by atoms with Crippen LogP contribution in [-0.4, -0.2) is 28.5 Å². The minimum absolute atomic E-state index is 0.232. The van der Waals surface area contributed by atoms with E-state index in [1.54, 1.807) is 0 Å².